The molecule has 0 saturated carbocycles. The summed E-state index contributed by atoms with van der Waals surface area (Å²) in [6, 6.07) is 20.0. The SMILES string of the molecule is COC(=O)CNc1cc2cc(Br)ccc2cc1OCc1ccccc1. The van der Waals surface area contributed by atoms with Crippen molar-refractivity contribution in [2.75, 3.05) is 19.0 Å². The number of anilines is 1. The lowest BCUT2D eigenvalue weighted by atomic mass is 10.1. The Bertz CT molecular complexity index is 881. The van der Waals surface area contributed by atoms with E-state index in [2.05, 4.69) is 21.2 Å². The van der Waals surface area contributed by atoms with E-state index in [4.69, 9.17) is 9.47 Å². The molecule has 0 spiro atoms. The van der Waals surface area contributed by atoms with Crippen LogP contribution in [0.1, 0.15) is 5.56 Å². The minimum atomic E-state index is -0.330. The first-order valence-corrected chi connectivity index (χ1v) is 8.66. The first kappa shape index (κ1) is 17.3. The third kappa shape index (κ3) is 4.51. The molecule has 3 aromatic rings. The number of carbonyl (C=O) groups is 1. The number of hydrogen-bond donors (Lipinski definition) is 1. The summed E-state index contributed by atoms with van der Waals surface area (Å²) in [7, 11) is 1.37. The average Bonchev–Trinajstić information content (AvgIpc) is 2.64. The molecule has 25 heavy (non-hydrogen) atoms. The van der Waals surface area contributed by atoms with Gasteiger partial charge in [0.15, 0.2) is 0 Å². The van der Waals surface area contributed by atoms with Gasteiger partial charge in [-0.05, 0) is 40.6 Å². The van der Waals surface area contributed by atoms with Gasteiger partial charge in [0.25, 0.3) is 0 Å². The van der Waals surface area contributed by atoms with E-state index in [0.717, 1.165) is 26.5 Å². The van der Waals surface area contributed by atoms with Crippen molar-refractivity contribution in [1.82, 2.24) is 0 Å². The van der Waals surface area contributed by atoms with E-state index in [-0.39, 0.29) is 12.5 Å². The van der Waals surface area contributed by atoms with E-state index in [1.54, 1.807) is 0 Å². The number of halogens is 1. The maximum Gasteiger partial charge on any atom is 0.325 e. The normalized spacial score (nSPS) is 10.5. The fourth-order valence-electron chi connectivity index (χ4n) is 2.48. The molecule has 0 fully saturated rings. The highest BCUT2D eigenvalue weighted by Gasteiger charge is 2.09. The number of ether oxygens (including phenoxy) is 2. The molecule has 4 nitrogen and oxygen atoms in total. The van der Waals surface area contributed by atoms with Crippen molar-refractivity contribution in [2.45, 2.75) is 6.61 Å². The van der Waals surface area contributed by atoms with Gasteiger partial charge >= 0.3 is 5.97 Å². The number of methoxy groups -OCH3 is 1. The van der Waals surface area contributed by atoms with Crippen LogP contribution < -0.4 is 10.1 Å². The highest BCUT2D eigenvalue weighted by molar-refractivity contribution is 9.10. The molecule has 0 aromatic heterocycles. The summed E-state index contributed by atoms with van der Waals surface area (Å²) in [5.41, 5.74) is 1.84. The number of nitrogens with one attached hydrogen (secondary N) is 1. The van der Waals surface area contributed by atoms with Gasteiger partial charge in [-0.25, -0.2) is 0 Å². The second-order valence-electron chi connectivity index (χ2n) is 5.54. The molecular weight excluding hydrogens is 382 g/mol. The van der Waals surface area contributed by atoms with Gasteiger partial charge in [0.1, 0.15) is 18.9 Å². The van der Waals surface area contributed by atoms with Gasteiger partial charge < -0.3 is 14.8 Å². The van der Waals surface area contributed by atoms with Crippen LogP contribution in [0.3, 0.4) is 0 Å². The van der Waals surface area contributed by atoms with E-state index < -0.39 is 0 Å². The number of esters is 1. The lowest BCUT2D eigenvalue weighted by molar-refractivity contribution is -0.138. The largest absolute Gasteiger partial charge is 0.487 e. The molecule has 0 radical (unpaired) electrons. The summed E-state index contributed by atoms with van der Waals surface area (Å²) < 4.78 is 11.7. The van der Waals surface area contributed by atoms with E-state index in [0.29, 0.717) is 12.4 Å². The Hall–Kier alpha value is -2.53. The van der Waals surface area contributed by atoms with Crippen molar-refractivity contribution < 1.29 is 14.3 Å². The van der Waals surface area contributed by atoms with Crippen LogP contribution in [0, 0.1) is 0 Å². The van der Waals surface area contributed by atoms with Gasteiger partial charge in [-0.2, -0.15) is 0 Å². The molecule has 3 rings (SSSR count). The highest BCUT2D eigenvalue weighted by atomic mass is 79.9. The third-order valence-corrected chi connectivity index (χ3v) is 4.28. The Labute approximate surface area is 154 Å². The van der Waals surface area contributed by atoms with Gasteiger partial charge in [-0.15, -0.1) is 0 Å². The molecule has 0 atom stereocenters. The number of benzene rings is 3. The summed E-state index contributed by atoms with van der Waals surface area (Å²) >= 11 is 3.48. The number of fused-ring (bicyclic) bond motifs is 1. The van der Waals surface area contributed by atoms with Crippen LogP contribution in [-0.4, -0.2) is 19.6 Å². The Morgan fingerprint density at radius 2 is 1.84 bits per heavy atom. The Balaban J connectivity index is 1.89. The van der Waals surface area contributed by atoms with Gasteiger partial charge in [-0.1, -0.05) is 52.3 Å². The van der Waals surface area contributed by atoms with Crippen molar-refractivity contribution in [3.8, 4) is 5.75 Å². The molecule has 0 aliphatic rings. The summed E-state index contributed by atoms with van der Waals surface area (Å²) in [6.07, 6.45) is 0. The van der Waals surface area contributed by atoms with Crippen LogP contribution in [0.5, 0.6) is 5.75 Å². The van der Waals surface area contributed by atoms with Crippen molar-refractivity contribution in [2.24, 2.45) is 0 Å². The second-order valence-corrected chi connectivity index (χ2v) is 6.46. The topological polar surface area (TPSA) is 47.6 Å². The van der Waals surface area contributed by atoms with Crippen molar-refractivity contribution in [1.29, 1.82) is 0 Å². The maximum atomic E-state index is 11.5. The lowest BCUT2D eigenvalue weighted by Gasteiger charge is -2.14. The monoisotopic (exact) mass is 399 g/mol. The molecule has 0 aliphatic heterocycles. The summed E-state index contributed by atoms with van der Waals surface area (Å²) in [5, 5.41) is 5.21. The third-order valence-electron chi connectivity index (χ3n) is 3.79. The van der Waals surface area contributed by atoms with Crippen molar-refractivity contribution in [3.63, 3.8) is 0 Å². The molecule has 0 bridgehead atoms. The minimum absolute atomic E-state index is 0.0811. The Morgan fingerprint density at radius 1 is 1.04 bits per heavy atom. The van der Waals surface area contributed by atoms with Crippen molar-refractivity contribution >= 4 is 38.4 Å². The van der Waals surface area contributed by atoms with Gasteiger partial charge in [0.05, 0.1) is 12.8 Å². The molecule has 0 heterocycles. The first-order valence-electron chi connectivity index (χ1n) is 7.86. The molecule has 0 saturated heterocycles. The molecule has 3 aromatic carbocycles. The number of hydrogen-bond acceptors (Lipinski definition) is 4. The molecule has 5 heteroatoms. The van der Waals surface area contributed by atoms with E-state index in [1.807, 2.05) is 60.7 Å². The predicted molar refractivity (Wildman–Crippen MR) is 103 cm³/mol. The zero-order valence-electron chi connectivity index (χ0n) is 13.8. The average molecular weight is 400 g/mol. The summed E-state index contributed by atoms with van der Waals surface area (Å²) in [4.78, 5) is 11.5. The zero-order chi connectivity index (χ0) is 17.6. The van der Waals surface area contributed by atoms with Crippen LogP contribution in [0.25, 0.3) is 10.8 Å². The summed E-state index contributed by atoms with van der Waals surface area (Å²) in [6.45, 7) is 0.535. The fourth-order valence-corrected chi connectivity index (χ4v) is 2.86. The Kier molecular flexibility index (Phi) is 5.56. The van der Waals surface area contributed by atoms with Gasteiger partial charge in [0, 0.05) is 4.47 Å². The van der Waals surface area contributed by atoms with Crippen LogP contribution in [0.15, 0.2) is 65.1 Å². The smallest absolute Gasteiger partial charge is 0.325 e. The molecule has 0 aliphatic carbocycles. The van der Waals surface area contributed by atoms with Gasteiger partial charge in [0.2, 0.25) is 0 Å². The van der Waals surface area contributed by atoms with E-state index in [9.17, 15) is 4.79 Å². The van der Waals surface area contributed by atoms with Crippen LogP contribution in [-0.2, 0) is 16.1 Å². The second kappa shape index (κ2) is 8.03. The first-order chi connectivity index (χ1) is 12.2. The molecule has 0 unspecified atom stereocenters. The fraction of sp³-hybridized carbons (Fsp3) is 0.150. The van der Waals surface area contributed by atoms with E-state index in [1.165, 1.54) is 7.11 Å². The van der Waals surface area contributed by atoms with Gasteiger partial charge in [-0.3, -0.25) is 4.79 Å². The van der Waals surface area contributed by atoms with E-state index >= 15 is 0 Å². The van der Waals surface area contributed by atoms with Crippen molar-refractivity contribution in [3.05, 3.63) is 70.7 Å². The number of carbonyl (C=O) groups excluding carboxylic acids is 1. The maximum absolute atomic E-state index is 11.5. The molecule has 128 valence electrons. The molecule has 0 amide bonds. The summed E-state index contributed by atoms with van der Waals surface area (Å²) in [5.74, 6) is 0.367. The molecule has 1 N–H and O–H groups in total. The zero-order valence-corrected chi connectivity index (χ0v) is 15.4. The Morgan fingerprint density at radius 3 is 2.60 bits per heavy atom. The van der Waals surface area contributed by atoms with Crippen LogP contribution >= 0.6 is 15.9 Å². The molecular formula is C20H18BrNO3. The number of rotatable bonds is 6. The highest BCUT2D eigenvalue weighted by Crippen LogP contribution is 2.32. The van der Waals surface area contributed by atoms with Crippen LogP contribution in [0.2, 0.25) is 0 Å². The van der Waals surface area contributed by atoms with Crippen LogP contribution in [0.4, 0.5) is 5.69 Å². The predicted octanol–water partition coefficient (Wildman–Crippen LogP) is 4.77. The lowest BCUT2D eigenvalue weighted by Crippen LogP contribution is -2.15. The minimum Gasteiger partial charge on any atom is -0.487 e. The quantitative estimate of drug-likeness (QED) is 0.606. The standard InChI is InChI=1S/C20H18BrNO3/c1-24-20(23)12-22-18-10-16-9-17(21)8-7-15(16)11-19(18)25-13-14-5-3-2-4-6-14/h2-11,22H,12-13H2,1H3.